The summed E-state index contributed by atoms with van der Waals surface area (Å²) < 4.78 is 11.0. The van der Waals surface area contributed by atoms with Crippen LogP contribution in [0.1, 0.15) is 118 Å². The number of carbonyl (C=O) groups is 1. The van der Waals surface area contributed by atoms with Gasteiger partial charge in [0, 0.05) is 84.1 Å². The molecular weight excluding hydrogens is 707 g/mol. The molecule has 4 aromatic rings. The van der Waals surface area contributed by atoms with Crippen molar-refractivity contribution in [2.24, 2.45) is 17.1 Å². The summed E-state index contributed by atoms with van der Waals surface area (Å²) in [5, 5.41) is 14.7. The van der Waals surface area contributed by atoms with E-state index in [4.69, 9.17) is 30.7 Å². The predicted molar refractivity (Wildman–Crippen MR) is 218 cm³/mol. The number of nitrogens with one attached hydrogen (secondary N) is 1. The SMILES string of the molecule is CCOC(=O)C(c1cc(N2CC3(CCC(N4CCC(c5cnc(N6CCc7[nH]c(N)c(/C=C(\N)c8ccccc8O)c7C6C)nc5)CC4)CC3)C2)no1)C(C)C. The normalized spacial score (nSPS) is 21.3. The first kappa shape index (κ1) is 37.9. The van der Waals surface area contributed by atoms with E-state index in [9.17, 15) is 9.90 Å². The molecule has 1 aromatic carbocycles. The van der Waals surface area contributed by atoms with Gasteiger partial charge in [0.25, 0.3) is 0 Å². The molecule has 2 atom stereocenters. The number of rotatable bonds is 10. The van der Waals surface area contributed by atoms with Gasteiger partial charge in [-0.1, -0.05) is 31.1 Å². The highest BCUT2D eigenvalue weighted by molar-refractivity contribution is 5.86. The van der Waals surface area contributed by atoms with Crippen molar-refractivity contribution in [3.8, 4) is 5.75 Å². The third-order valence-electron chi connectivity index (χ3n) is 13.0. The standard InChI is InChI=1S/C43H57N9O4/c1-5-55-41(54)38(26(2)3)36-21-37(49-56-36)51-24-43(25-51)15-10-30(11-16-43)50-17-12-28(13-18-50)29-22-46-42(47-23-29)52-19-14-34-39(27(52)4)32(40(45)48-34)20-33(44)31-8-6-7-9-35(31)53/h6-9,20-23,26-28,30,38,48,53H,5,10-19,24-25,44-45H2,1-4H3/b33-20-. The fourth-order valence-electron chi connectivity index (χ4n) is 9.87. The Kier molecular flexibility index (Phi) is 10.5. The highest BCUT2D eigenvalue weighted by atomic mass is 16.5. The minimum Gasteiger partial charge on any atom is -0.507 e. The molecule has 4 aliphatic rings. The van der Waals surface area contributed by atoms with Crippen molar-refractivity contribution in [1.82, 2.24) is 25.0 Å². The van der Waals surface area contributed by atoms with E-state index in [1.54, 1.807) is 18.2 Å². The highest BCUT2D eigenvalue weighted by Crippen LogP contribution is 2.47. The zero-order valence-corrected chi connectivity index (χ0v) is 33.2. The van der Waals surface area contributed by atoms with Crippen molar-refractivity contribution < 1.29 is 19.2 Å². The second-order valence-corrected chi connectivity index (χ2v) is 16.9. The van der Waals surface area contributed by atoms with Gasteiger partial charge in [-0.05, 0) is 101 Å². The fourth-order valence-corrected chi connectivity index (χ4v) is 9.87. The second kappa shape index (κ2) is 15.5. The van der Waals surface area contributed by atoms with Crippen LogP contribution in [0.5, 0.6) is 5.75 Å². The Morgan fingerprint density at radius 3 is 2.50 bits per heavy atom. The number of fused-ring (bicyclic) bond motifs is 1. The summed E-state index contributed by atoms with van der Waals surface area (Å²) >= 11 is 0. The van der Waals surface area contributed by atoms with Crippen molar-refractivity contribution in [1.29, 1.82) is 0 Å². The number of likely N-dealkylation sites (tertiary alicyclic amines) is 1. The third kappa shape index (κ3) is 7.21. The number of ether oxygens (including phenoxy) is 1. The number of phenolic OH excluding ortho intramolecular Hbond substituents is 1. The van der Waals surface area contributed by atoms with Gasteiger partial charge in [-0.25, -0.2) is 9.97 Å². The maximum atomic E-state index is 12.6. The number of nitrogens with zero attached hydrogens (tertiary/aromatic N) is 6. The van der Waals surface area contributed by atoms with E-state index in [2.05, 4.69) is 31.8 Å². The molecule has 0 radical (unpaired) electrons. The summed E-state index contributed by atoms with van der Waals surface area (Å²) in [6.45, 7) is 13.4. The lowest BCUT2D eigenvalue weighted by Gasteiger charge is -2.54. The van der Waals surface area contributed by atoms with E-state index in [1.807, 2.05) is 51.4 Å². The quantitative estimate of drug-likeness (QED) is 0.128. The van der Waals surface area contributed by atoms with Gasteiger partial charge >= 0.3 is 5.97 Å². The molecule has 6 heterocycles. The van der Waals surface area contributed by atoms with Crippen LogP contribution in [-0.4, -0.2) is 81.5 Å². The number of nitrogen functional groups attached to an aromatic ring is 1. The molecule has 298 valence electrons. The largest absolute Gasteiger partial charge is 0.507 e. The first-order chi connectivity index (χ1) is 27.0. The molecule has 0 amide bonds. The Labute approximate surface area is 329 Å². The fraction of sp³-hybridized carbons (Fsp3) is 0.535. The second-order valence-electron chi connectivity index (χ2n) is 16.9. The number of esters is 1. The van der Waals surface area contributed by atoms with Crippen LogP contribution in [-0.2, 0) is 16.0 Å². The minimum atomic E-state index is -0.432. The van der Waals surface area contributed by atoms with Crippen LogP contribution in [0.25, 0.3) is 11.8 Å². The Bertz CT molecular complexity index is 2030. The first-order valence-electron chi connectivity index (χ1n) is 20.5. The summed E-state index contributed by atoms with van der Waals surface area (Å²) in [5.74, 6) is 2.71. The molecule has 1 aliphatic carbocycles. The van der Waals surface area contributed by atoms with Crippen molar-refractivity contribution in [3.05, 3.63) is 76.4 Å². The molecule has 8 rings (SSSR count). The summed E-state index contributed by atoms with van der Waals surface area (Å²) in [5.41, 5.74) is 18.6. The zero-order valence-electron chi connectivity index (χ0n) is 33.2. The molecule has 3 aromatic heterocycles. The number of hydrogen-bond donors (Lipinski definition) is 4. The van der Waals surface area contributed by atoms with Crippen LogP contribution in [0, 0.1) is 11.3 Å². The first-order valence-corrected chi connectivity index (χ1v) is 20.5. The number of carbonyl (C=O) groups excluding carboxylic acids is 1. The number of aromatic nitrogens is 4. The molecule has 2 saturated heterocycles. The van der Waals surface area contributed by atoms with Gasteiger partial charge in [-0.2, -0.15) is 0 Å². The summed E-state index contributed by atoms with van der Waals surface area (Å²) in [6.07, 6.45) is 13.9. The number of aromatic amines is 1. The Hall–Kier alpha value is -5.04. The van der Waals surface area contributed by atoms with Gasteiger partial charge in [0.1, 0.15) is 17.5 Å². The molecule has 2 unspecified atom stereocenters. The number of para-hydroxylation sites is 1. The van der Waals surface area contributed by atoms with Crippen LogP contribution in [0.15, 0.2) is 47.2 Å². The molecule has 0 bridgehead atoms. The number of benzene rings is 1. The van der Waals surface area contributed by atoms with E-state index in [1.165, 1.54) is 31.2 Å². The Balaban J connectivity index is 0.829. The molecule has 6 N–H and O–H groups in total. The van der Waals surface area contributed by atoms with Gasteiger partial charge in [0.05, 0.1) is 12.6 Å². The summed E-state index contributed by atoms with van der Waals surface area (Å²) in [4.78, 5) is 33.0. The average molecular weight is 764 g/mol. The van der Waals surface area contributed by atoms with Crippen molar-refractivity contribution in [2.45, 2.75) is 96.6 Å². The number of phenols is 1. The molecule has 13 heteroatoms. The lowest BCUT2D eigenvalue weighted by atomic mass is 9.67. The van der Waals surface area contributed by atoms with E-state index in [-0.39, 0.29) is 23.7 Å². The topological polar surface area (TPSA) is 176 Å². The Morgan fingerprint density at radius 1 is 1.11 bits per heavy atom. The average Bonchev–Trinajstić information content (AvgIpc) is 3.78. The molecule has 13 nitrogen and oxygen atoms in total. The van der Waals surface area contributed by atoms with Gasteiger partial charge in [0.15, 0.2) is 11.6 Å². The van der Waals surface area contributed by atoms with Crippen molar-refractivity contribution in [3.63, 3.8) is 0 Å². The third-order valence-corrected chi connectivity index (χ3v) is 13.0. The smallest absolute Gasteiger partial charge is 0.317 e. The molecule has 56 heavy (non-hydrogen) atoms. The van der Waals surface area contributed by atoms with E-state index in [0.717, 1.165) is 80.6 Å². The van der Waals surface area contributed by atoms with Crippen LogP contribution >= 0.6 is 0 Å². The predicted octanol–water partition coefficient (Wildman–Crippen LogP) is 6.59. The molecule has 1 spiro atoms. The zero-order chi connectivity index (χ0) is 39.1. The van der Waals surface area contributed by atoms with Crippen LogP contribution in [0.4, 0.5) is 17.6 Å². The number of aromatic hydroxyl groups is 1. The number of nitrogens with two attached hydrogens (primary N) is 2. The Morgan fingerprint density at radius 2 is 1.82 bits per heavy atom. The van der Waals surface area contributed by atoms with Gasteiger partial charge in [-0.3, -0.25) is 4.79 Å². The molecule has 1 saturated carbocycles. The lowest BCUT2D eigenvalue weighted by Crippen LogP contribution is -2.59. The van der Waals surface area contributed by atoms with Crippen molar-refractivity contribution in [2.75, 3.05) is 54.9 Å². The minimum absolute atomic E-state index is 0.0158. The number of piperidine rings is 1. The molecule has 3 fully saturated rings. The van der Waals surface area contributed by atoms with Crippen molar-refractivity contribution >= 4 is 35.3 Å². The summed E-state index contributed by atoms with van der Waals surface area (Å²) in [6, 6.07) is 9.63. The van der Waals surface area contributed by atoms with E-state index < -0.39 is 5.92 Å². The van der Waals surface area contributed by atoms with Crippen LogP contribution < -0.4 is 21.3 Å². The maximum absolute atomic E-state index is 12.6. The monoisotopic (exact) mass is 763 g/mol. The molecular formula is C43H57N9O4. The highest BCUT2D eigenvalue weighted by Gasteiger charge is 2.47. The van der Waals surface area contributed by atoms with Gasteiger partial charge < -0.3 is 45.5 Å². The summed E-state index contributed by atoms with van der Waals surface area (Å²) in [7, 11) is 0. The molecule has 3 aliphatic heterocycles. The van der Waals surface area contributed by atoms with E-state index in [0.29, 0.717) is 46.8 Å². The maximum Gasteiger partial charge on any atom is 0.317 e. The van der Waals surface area contributed by atoms with E-state index >= 15 is 0 Å². The van der Waals surface area contributed by atoms with Gasteiger partial charge in [-0.15, -0.1) is 0 Å². The van der Waals surface area contributed by atoms with Gasteiger partial charge in [0.2, 0.25) is 5.95 Å². The number of anilines is 3. The number of hydrogen-bond acceptors (Lipinski definition) is 12. The number of H-pyrrole nitrogens is 1. The lowest BCUT2D eigenvalue weighted by molar-refractivity contribution is -0.146. The van der Waals surface area contributed by atoms with Crippen LogP contribution in [0.3, 0.4) is 0 Å². The van der Waals surface area contributed by atoms with Crippen LogP contribution in [0.2, 0.25) is 0 Å².